The van der Waals surface area contributed by atoms with Crippen LogP contribution in [0.15, 0.2) is 30.3 Å². The van der Waals surface area contributed by atoms with Gasteiger partial charge >= 0.3 is 0 Å². The molecule has 0 aliphatic rings. The van der Waals surface area contributed by atoms with E-state index >= 15 is 0 Å². The molecule has 0 saturated heterocycles. The third kappa shape index (κ3) is 3.95. The van der Waals surface area contributed by atoms with Gasteiger partial charge in [0.1, 0.15) is 5.69 Å². The standard InChI is InChI=1S/C16H13N5O8S/c22-15(23)11-5-9(20(26)27)7-13(21(28)29)10(11)3-4-18-14-6-8(19(24)25)1-2-12(14)17-16(18)30/h1-7,24-25,28-29H,(H,17,30)(H,22,23)/q-2/p-1/b4-3+. The largest absolute Gasteiger partial charge is 0.769 e. The first-order chi connectivity index (χ1) is 14.1. The molecular weight excluding hydrogens is 422 g/mol. The molecule has 0 aliphatic heterocycles. The Hall–Kier alpha value is -3.50. The average molecular weight is 434 g/mol. The molecule has 1 heterocycles. The third-order valence-electron chi connectivity index (χ3n) is 4.11. The molecule has 0 saturated carbocycles. The van der Waals surface area contributed by atoms with Crippen LogP contribution < -0.4 is 20.8 Å². The molecule has 30 heavy (non-hydrogen) atoms. The van der Waals surface area contributed by atoms with Gasteiger partial charge in [-0.3, -0.25) is 25.4 Å². The number of carboxylic acid groups (broad SMARTS) is 1. The third-order valence-corrected chi connectivity index (χ3v) is 4.41. The SMILES string of the molecule is O=C([O-])c1cc(N([O-])[O-])cc(N(O)O)c1/C=C/n1c(=S)[nH]c2ccc(N(O)O)cc21. The van der Waals surface area contributed by atoms with Crippen molar-refractivity contribution in [3.63, 3.8) is 0 Å². The van der Waals surface area contributed by atoms with Gasteiger partial charge in [-0.05, 0) is 48.6 Å². The highest BCUT2D eigenvalue weighted by Crippen LogP contribution is 2.31. The van der Waals surface area contributed by atoms with Crippen LogP contribution >= 0.6 is 12.2 Å². The Bertz CT molecular complexity index is 1200. The molecular formula is C16H12N5O8S-3. The van der Waals surface area contributed by atoms with Gasteiger partial charge in [-0.15, -0.1) is 10.5 Å². The monoisotopic (exact) mass is 434 g/mol. The number of aromatic carboxylic acids is 1. The summed E-state index contributed by atoms with van der Waals surface area (Å²) in [7, 11) is 0. The van der Waals surface area contributed by atoms with Gasteiger partial charge in [0.2, 0.25) is 0 Å². The maximum Gasteiger partial charge on any atom is 0.182 e. The minimum atomic E-state index is -1.79. The van der Waals surface area contributed by atoms with E-state index in [0.29, 0.717) is 17.1 Å². The molecule has 0 unspecified atom stereocenters. The number of carboxylic acids is 1. The number of hydrogen-bond donors (Lipinski definition) is 5. The van der Waals surface area contributed by atoms with Crippen molar-refractivity contribution in [1.29, 1.82) is 0 Å². The van der Waals surface area contributed by atoms with Crippen molar-refractivity contribution in [2.75, 3.05) is 15.7 Å². The van der Waals surface area contributed by atoms with Crippen molar-refractivity contribution in [2.24, 2.45) is 0 Å². The van der Waals surface area contributed by atoms with Crippen LogP contribution in [0.5, 0.6) is 0 Å². The van der Waals surface area contributed by atoms with Crippen LogP contribution in [-0.2, 0) is 0 Å². The van der Waals surface area contributed by atoms with E-state index in [1.54, 1.807) is 0 Å². The number of nitrogens with one attached hydrogen (secondary N) is 1. The summed E-state index contributed by atoms with van der Waals surface area (Å²) in [6, 6.07) is 5.72. The molecule has 5 N–H and O–H groups in total. The summed E-state index contributed by atoms with van der Waals surface area (Å²) in [6.45, 7) is 0. The number of benzene rings is 2. The Kier molecular flexibility index (Phi) is 5.72. The molecule has 0 atom stereocenters. The lowest BCUT2D eigenvalue weighted by Gasteiger charge is -2.38. The number of aromatic nitrogens is 2. The van der Waals surface area contributed by atoms with Crippen molar-refractivity contribution < 1.29 is 30.7 Å². The minimum Gasteiger partial charge on any atom is -0.769 e. The van der Waals surface area contributed by atoms with Crippen LogP contribution in [-0.4, -0.2) is 36.3 Å². The summed E-state index contributed by atoms with van der Waals surface area (Å²) < 4.78 is 1.48. The van der Waals surface area contributed by atoms with Gasteiger partial charge in [0.15, 0.2) is 4.77 Å². The quantitative estimate of drug-likeness (QED) is 0.278. The maximum absolute atomic E-state index is 11.5. The predicted octanol–water partition coefficient (Wildman–Crippen LogP) is 1.66. The zero-order chi connectivity index (χ0) is 22.2. The molecule has 0 bridgehead atoms. The van der Waals surface area contributed by atoms with E-state index in [2.05, 4.69) is 4.98 Å². The molecule has 0 radical (unpaired) electrons. The van der Waals surface area contributed by atoms with Gasteiger partial charge in [-0.1, -0.05) is 0 Å². The number of nitrogens with zero attached hydrogens (tertiary/aromatic N) is 4. The predicted molar refractivity (Wildman–Crippen MR) is 104 cm³/mol. The second-order valence-electron chi connectivity index (χ2n) is 5.87. The van der Waals surface area contributed by atoms with E-state index in [4.69, 9.17) is 12.2 Å². The van der Waals surface area contributed by atoms with Crippen LogP contribution in [0, 0.1) is 15.2 Å². The van der Waals surface area contributed by atoms with Crippen molar-refractivity contribution in [3.05, 3.63) is 56.6 Å². The van der Waals surface area contributed by atoms with Crippen LogP contribution in [0.2, 0.25) is 0 Å². The first kappa shape index (κ1) is 21.2. The minimum absolute atomic E-state index is 0.00184. The van der Waals surface area contributed by atoms with E-state index < -0.39 is 33.4 Å². The Labute approximate surface area is 171 Å². The summed E-state index contributed by atoms with van der Waals surface area (Å²) in [5.74, 6) is -1.79. The number of fused-ring (bicyclic) bond motifs is 1. The summed E-state index contributed by atoms with van der Waals surface area (Å²) in [4.78, 5) is 14.3. The second-order valence-corrected chi connectivity index (χ2v) is 6.25. The van der Waals surface area contributed by atoms with Gasteiger partial charge in [0.05, 0.1) is 22.7 Å². The molecule has 0 fully saturated rings. The normalized spacial score (nSPS) is 11.3. The first-order valence-corrected chi connectivity index (χ1v) is 8.33. The number of aromatic amines is 1. The Balaban J connectivity index is 2.21. The lowest BCUT2D eigenvalue weighted by atomic mass is 10.0. The van der Waals surface area contributed by atoms with Crippen molar-refractivity contribution in [1.82, 2.24) is 9.55 Å². The molecule has 13 nitrogen and oxygen atoms in total. The fraction of sp³-hybridized carbons (Fsp3) is 0. The average Bonchev–Trinajstić information content (AvgIpc) is 2.99. The molecule has 1 aromatic heterocycles. The highest BCUT2D eigenvalue weighted by atomic mass is 32.1. The summed E-state index contributed by atoms with van der Waals surface area (Å²) in [6.07, 6.45) is 2.37. The molecule has 3 aromatic rings. The first-order valence-electron chi connectivity index (χ1n) is 7.92. The number of rotatable bonds is 6. The summed E-state index contributed by atoms with van der Waals surface area (Å²) in [5.41, 5.74) is -1.41. The zero-order valence-electron chi connectivity index (χ0n) is 14.7. The Morgan fingerprint density at radius 3 is 2.33 bits per heavy atom. The lowest BCUT2D eigenvalue weighted by Crippen LogP contribution is -2.25. The number of anilines is 3. The van der Waals surface area contributed by atoms with Gasteiger partial charge in [0, 0.05) is 23.0 Å². The van der Waals surface area contributed by atoms with E-state index in [1.165, 1.54) is 29.0 Å². The molecule has 14 heteroatoms. The van der Waals surface area contributed by atoms with Crippen molar-refractivity contribution >= 4 is 58.6 Å². The van der Waals surface area contributed by atoms with Gasteiger partial charge in [0.25, 0.3) is 0 Å². The molecule has 0 spiro atoms. The molecule has 2 aromatic carbocycles. The van der Waals surface area contributed by atoms with Crippen LogP contribution in [0.25, 0.3) is 23.3 Å². The summed E-state index contributed by atoms with van der Waals surface area (Å²) >= 11 is 5.19. The van der Waals surface area contributed by atoms with Crippen molar-refractivity contribution in [3.8, 4) is 0 Å². The highest BCUT2D eigenvalue weighted by Gasteiger charge is 2.14. The number of carbonyl (C=O) groups excluding carboxylic acids is 1. The molecule has 0 amide bonds. The van der Waals surface area contributed by atoms with Crippen LogP contribution in [0.3, 0.4) is 0 Å². The topological polar surface area (TPSA) is 198 Å². The Morgan fingerprint density at radius 2 is 1.77 bits per heavy atom. The van der Waals surface area contributed by atoms with Crippen molar-refractivity contribution in [2.45, 2.75) is 0 Å². The number of carbonyl (C=O) groups is 1. The fourth-order valence-corrected chi connectivity index (χ4v) is 3.04. The number of hydrogen-bond acceptors (Lipinski definition) is 12. The van der Waals surface area contributed by atoms with Crippen LogP contribution in [0.1, 0.15) is 15.9 Å². The van der Waals surface area contributed by atoms with E-state index in [-0.39, 0.29) is 21.2 Å². The zero-order valence-corrected chi connectivity index (χ0v) is 15.5. The second kappa shape index (κ2) is 8.09. The number of H-pyrrole nitrogens is 1. The highest BCUT2D eigenvalue weighted by molar-refractivity contribution is 7.71. The fourth-order valence-electron chi connectivity index (χ4n) is 2.77. The molecule has 0 aliphatic carbocycles. The van der Waals surface area contributed by atoms with E-state index in [9.17, 15) is 41.1 Å². The smallest absolute Gasteiger partial charge is 0.182 e. The van der Waals surface area contributed by atoms with E-state index in [1.807, 2.05) is 0 Å². The number of imidazole rings is 1. The summed E-state index contributed by atoms with van der Waals surface area (Å²) in [5, 5.41) is 69.3. The van der Waals surface area contributed by atoms with Gasteiger partial charge in [-0.25, -0.2) is 0 Å². The Morgan fingerprint density at radius 1 is 1.07 bits per heavy atom. The van der Waals surface area contributed by atoms with Crippen LogP contribution in [0.4, 0.5) is 17.1 Å². The van der Waals surface area contributed by atoms with Gasteiger partial charge < -0.3 is 30.5 Å². The molecule has 3 rings (SSSR count). The lowest BCUT2D eigenvalue weighted by molar-refractivity contribution is -0.255. The van der Waals surface area contributed by atoms with Gasteiger partial charge in [-0.2, -0.15) is 0 Å². The maximum atomic E-state index is 11.5. The molecule has 158 valence electrons. The van der Waals surface area contributed by atoms with E-state index in [0.717, 1.165) is 12.1 Å².